The molecule has 6 rings (SSSR count). The molecule has 7 nitrogen and oxygen atoms in total. The van der Waals surface area contributed by atoms with Gasteiger partial charge in [-0.15, -0.1) is 0 Å². The molecule has 172 valence electrons. The molecule has 0 spiro atoms. The summed E-state index contributed by atoms with van der Waals surface area (Å²) in [6.45, 7) is 3.82. The third-order valence-corrected chi connectivity index (χ3v) is 7.81. The summed E-state index contributed by atoms with van der Waals surface area (Å²) < 4.78 is 22.8. The summed E-state index contributed by atoms with van der Waals surface area (Å²) in [6, 6.07) is 13.5. The van der Waals surface area contributed by atoms with Crippen LogP contribution in [0.1, 0.15) is 41.9 Å². The lowest BCUT2D eigenvalue weighted by molar-refractivity contribution is -0.147. The van der Waals surface area contributed by atoms with Gasteiger partial charge in [0, 0.05) is 19.0 Å². The van der Waals surface area contributed by atoms with Crippen molar-refractivity contribution in [2.24, 2.45) is 0 Å². The number of fused-ring (bicyclic) bond motifs is 3. The second-order valence-corrected chi connectivity index (χ2v) is 9.29. The highest BCUT2D eigenvalue weighted by Crippen LogP contribution is 2.58. The summed E-state index contributed by atoms with van der Waals surface area (Å²) in [7, 11) is 1.62. The first-order valence-corrected chi connectivity index (χ1v) is 11.4. The van der Waals surface area contributed by atoms with Gasteiger partial charge in [-0.1, -0.05) is 30.3 Å². The van der Waals surface area contributed by atoms with Gasteiger partial charge in [-0.25, -0.2) is 0 Å². The molecule has 7 heteroatoms. The van der Waals surface area contributed by atoms with E-state index in [-0.39, 0.29) is 25.3 Å². The fourth-order valence-electron chi connectivity index (χ4n) is 6.21. The number of carbonyl (C=O) groups excluding carboxylic acids is 1. The van der Waals surface area contributed by atoms with Crippen LogP contribution in [0.4, 0.5) is 0 Å². The number of hydrogen-bond donors (Lipinski definition) is 1. The van der Waals surface area contributed by atoms with Gasteiger partial charge in [-0.05, 0) is 47.7 Å². The minimum absolute atomic E-state index is 0.144. The van der Waals surface area contributed by atoms with E-state index in [1.54, 1.807) is 7.11 Å². The van der Waals surface area contributed by atoms with Gasteiger partial charge in [0.15, 0.2) is 11.5 Å². The largest absolute Gasteiger partial charge is 0.498 e. The quantitative estimate of drug-likeness (QED) is 0.719. The van der Waals surface area contributed by atoms with Crippen molar-refractivity contribution in [3.63, 3.8) is 0 Å². The Balaban J connectivity index is 1.43. The van der Waals surface area contributed by atoms with Gasteiger partial charge in [0.2, 0.25) is 6.79 Å². The van der Waals surface area contributed by atoms with Crippen molar-refractivity contribution < 1.29 is 28.8 Å². The van der Waals surface area contributed by atoms with Gasteiger partial charge < -0.3 is 24.1 Å². The fourth-order valence-corrected chi connectivity index (χ4v) is 6.21. The molecule has 2 aromatic carbocycles. The van der Waals surface area contributed by atoms with E-state index in [9.17, 15) is 9.90 Å². The Hall–Kier alpha value is -3.03. The molecule has 0 radical (unpaired) electrons. The summed E-state index contributed by atoms with van der Waals surface area (Å²) in [5, 5.41) is 11.4. The predicted molar refractivity (Wildman–Crippen MR) is 119 cm³/mol. The maximum atomic E-state index is 13.5. The van der Waals surface area contributed by atoms with Gasteiger partial charge in [0.1, 0.15) is 18.5 Å². The van der Waals surface area contributed by atoms with E-state index < -0.39 is 17.6 Å². The van der Waals surface area contributed by atoms with Crippen molar-refractivity contribution in [3.05, 3.63) is 70.5 Å². The standard InChI is InChI=1S/C26H27NO6/c1-26-19-8-9-27(26)12-18(25(29)31-13-15-6-4-3-5-7-15)16-10-20-21(33-14-32-20)11-17(16)22(26)23(28)24(19)30-2/h3-7,10-11,18,22-23,28H,8-9,12-14H2,1-2H3/t18?,22?,23?,26-/m0/s1. The number of carbonyl (C=O) groups is 1. The van der Waals surface area contributed by atoms with Gasteiger partial charge in [-0.3, -0.25) is 9.69 Å². The molecular formula is C26H27NO6. The van der Waals surface area contributed by atoms with E-state index in [1.807, 2.05) is 42.5 Å². The third-order valence-electron chi connectivity index (χ3n) is 7.81. The van der Waals surface area contributed by atoms with Crippen LogP contribution in [-0.4, -0.2) is 54.6 Å². The molecule has 1 fully saturated rings. The van der Waals surface area contributed by atoms with Crippen molar-refractivity contribution >= 4 is 5.97 Å². The lowest BCUT2D eigenvalue weighted by atomic mass is 9.77. The number of rotatable bonds is 4. The molecule has 2 aromatic rings. The van der Waals surface area contributed by atoms with Crippen molar-refractivity contribution in [3.8, 4) is 11.5 Å². The topological polar surface area (TPSA) is 77.5 Å². The van der Waals surface area contributed by atoms with Crippen LogP contribution >= 0.6 is 0 Å². The Kier molecular flexibility index (Phi) is 4.67. The van der Waals surface area contributed by atoms with Crippen LogP contribution < -0.4 is 9.47 Å². The summed E-state index contributed by atoms with van der Waals surface area (Å²) in [5.41, 5.74) is 3.34. The Labute approximate surface area is 192 Å². The molecule has 1 N–H and O–H groups in total. The Morgan fingerprint density at radius 3 is 2.64 bits per heavy atom. The summed E-state index contributed by atoms with van der Waals surface area (Å²) in [4.78, 5) is 15.8. The number of esters is 1. The molecule has 1 aliphatic carbocycles. The molecule has 33 heavy (non-hydrogen) atoms. The Morgan fingerprint density at radius 1 is 1.18 bits per heavy atom. The van der Waals surface area contributed by atoms with Gasteiger partial charge in [-0.2, -0.15) is 0 Å². The normalized spacial score (nSPS) is 29.5. The highest BCUT2D eigenvalue weighted by molar-refractivity contribution is 5.80. The summed E-state index contributed by atoms with van der Waals surface area (Å²) in [5.74, 6) is 0.856. The highest BCUT2D eigenvalue weighted by atomic mass is 16.7. The molecule has 3 unspecified atom stereocenters. The smallest absolute Gasteiger partial charge is 0.315 e. The van der Waals surface area contributed by atoms with Crippen LogP contribution in [0.25, 0.3) is 0 Å². The number of methoxy groups -OCH3 is 1. The minimum atomic E-state index is -0.795. The lowest BCUT2D eigenvalue weighted by Gasteiger charge is -2.38. The second-order valence-electron chi connectivity index (χ2n) is 9.29. The number of aliphatic hydroxyl groups excluding tert-OH is 1. The van der Waals surface area contributed by atoms with Crippen molar-refractivity contribution in [1.82, 2.24) is 4.90 Å². The lowest BCUT2D eigenvalue weighted by Crippen LogP contribution is -2.47. The molecule has 4 aliphatic rings. The van der Waals surface area contributed by atoms with Crippen molar-refractivity contribution in [2.75, 3.05) is 27.0 Å². The fraction of sp³-hybridized carbons (Fsp3) is 0.423. The molecular weight excluding hydrogens is 422 g/mol. The zero-order valence-corrected chi connectivity index (χ0v) is 18.7. The SMILES string of the molecule is COC1=C2CCN3CC(C(=O)OCc4ccccc4)c4cc5c(cc4C(C1O)[C@]23C)OCO5. The first kappa shape index (κ1) is 20.6. The molecule has 3 aliphatic heterocycles. The average molecular weight is 450 g/mol. The zero-order valence-electron chi connectivity index (χ0n) is 18.7. The zero-order chi connectivity index (χ0) is 22.7. The number of ether oxygens (including phenoxy) is 4. The van der Waals surface area contributed by atoms with Gasteiger partial charge in [0.05, 0.1) is 18.6 Å². The first-order valence-electron chi connectivity index (χ1n) is 11.4. The molecule has 0 amide bonds. The summed E-state index contributed by atoms with van der Waals surface area (Å²) in [6.07, 6.45) is 0.00911. The highest BCUT2D eigenvalue weighted by Gasteiger charge is 2.60. The molecule has 1 saturated heterocycles. The Morgan fingerprint density at radius 2 is 1.91 bits per heavy atom. The van der Waals surface area contributed by atoms with Crippen LogP contribution in [0, 0.1) is 0 Å². The number of aliphatic hydroxyl groups is 1. The van der Waals surface area contributed by atoms with E-state index in [0.29, 0.717) is 23.8 Å². The first-order chi connectivity index (χ1) is 16.0. The molecule has 0 bridgehead atoms. The van der Waals surface area contributed by atoms with Crippen LogP contribution in [0.3, 0.4) is 0 Å². The molecule has 4 atom stereocenters. The molecule has 0 aromatic heterocycles. The maximum absolute atomic E-state index is 13.5. The van der Waals surface area contributed by atoms with Crippen LogP contribution in [0.15, 0.2) is 53.8 Å². The van der Waals surface area contributed by atoms with Crippen LogP contribution in [0.5, 0.6) is 11.5 Å². The van der Waals surface area contributed by atoms with Crippen molar-refractivity contribution in [1.29, 1.82) is 0 Å². The van der Waals surface area contributed by atoms with Crippen LogP contribution in [-0.2, 0) is 20.9 Å². The number of hydrogen-bond acceptors (Lipinski definition) is 7. The second kappa shape index (κ2) is 7.50. The van der Waals surface area contributed by atoms with E-state index >= 15 is 0 Å². The number of benzene rings is 2. The average Bonchev–Trinajstić information content (AvgIpc) is 3.44. The Bertz CT molecular complexity index is 1140. The minimum Gasteiger partial charge on any atom is -0.498 e. The van der Waals surface area contributed by atoms with Gasteiger partial charge in [0.25, 0.3) is 0 Å². The molecule has 3 heterocycles. The van der Waals surface area contributed by atoms with E-state index in [1.165, 1.54) is 0 Å². The van der Waals surface area contributed by atoms with Gasteiger partial charge >= 0.3 is 5.97 Å². The summed E-state index contributed by atoms with van der Waals surface area (Å²) >= 11 is 0. The van der Waals surface area contributed by atoms with Crippen LogP contribution in [0.2, 0.25) is 0 Å². The van der Waals surface area contributed by atoms with Crippen molar-refractivity contribution in [2.45, 2.75) is 43.4 Å². The van der Waals surface area contributed by atoms with E-state index in [4.69, 9.17) is 18.9 Å². The number of nitrogens with zero attached hydrogens (tertiary/aromatic N) is 1. The maximum Gasteiger partial charge on any atom is 0.315 e. The predicted octanol–water partition coefficient (Wildman–Crippen LogP) is 3.08. The van der Waals surface area contributed by atoms with E-state index in [2.05, 4.69) is 11.8 Å². The molecule has 0 saturated carbocycles. The third kappa shape index (κ3) is 2.92. The monoisotopic (exact) mass is 449 g/mol. The van der Waals surface area contributed by atoms with E-state index in [0.717, 1.165) is 35.2 Å².